The molecule has 0 saturated heterocycles. The van der Waals surface area contributed by atoms with Crippen molar-refractivity contribution in [2.45, 2.75) is 32.5 Å². The fourth-order valence-electron chi connectivity index (χ4n) is 3.81. The minimum atomic E-state index is -0.366. The van der Waals surface area contributed by atoms with E-state index in [2.05, 4.69) is 59.0 Å². The van der Waals surface area contributed by atoms with Crippen molar-refractivity contribution in [3.05, 3.63) is 94.0 Å². The van der Waals surface area contributed by atoms with Crippen LogP contribution in [0.2, 0.25) is 5.02 Å². The van der Waals surface area contributed by atoms with Gasteiger partial charge in [0.15, 0.2) is 0 Å². The minimum absolute atomic E-state index is 0.178. The normalized spacial score (nSPS) is 17.7. The number of aromatic nitrogens is 1. The van der Waals surface area contributed by atoms with Crippen molar-refractivity contribution in [2.24, 2.45) is 0 Å². The zero-order valence-electron chi connectivity index (χ0n) is 14.8. The van der Waals surface area contributed by atoms with Gasteiger partial charge in [0.25, 0.3) is 0 Å². The molecule has 134 valence electrons. The van der Waals surface area contributed by atoms with Crippen molar-refractivity contribution in [1.82, 2.24) is 9.47 Å². The molecule has 0 unspecified atom stereocenters. The lowest BCUT2D eigenvalue weighted by molar-refractivity contribution is 0.220. The van der Waals surface area contributed by atoms with E-state index >= 15 is 0 Å². The number of benzene rings is 2. The van der Waals surface area contributed by atoms with Crippen molar-refractivity contribution in [1.29, 1.82) is 0 Å². The lowest BCUT2D eigenvalue weighted by atomic mass is 10.00. The highest BCUT2D eigenvalue weighted by Crippen LogP contribution is 2.33. The molecule has 0 bridgehead atoms. The summed E-state index contributed by atoms with van der Waals surface area (Å²) in [4.78, 5) is 2.47. The Kier molecular flexibility index (Phi) is 4.84. The second-order valence-corrected chi connectivity index (χ2v) is 7.42. The van der Waals surface area contributed by atoms with Crippen LogP contribution in [0.1, 0.15) is 34.8 Å². The predicted molar refractivity (Wildman–Crippen MR) is 104 cm³/mol. The summed E-state index contributed by atoms with van der Waals surface area (Å²) in [6.07, 6.45) is 3.24. The van der Waals surface area contributed by atoms with Crippen LogP contribution in [0.4, 0.5) is 4.39 Å². The number of hydrogen-bond acceptors (Lipinski definition) is 1. The number of fused-ring (bicyclic) bond motifs is 1. The van der Waals surface area contributed by atoms with Gasteiger partial charge in [0.1, 0.15) is 5.82 Å². The van der Waals surface area contributed by atoms with Gasteiger partial charge in [-0.25, -0.2) is 4.39 Å². The standard InChI is InChI=1S/C22H22ClFN2/c1-16-5-8-18(9-6-16)22-21-4-2-11-25(21)12-3-13-26(22)15-17-7-10-20(24)19(23)14-17/h2,4-11,14,22H,3,12-13,15H2,1H3/t22-/m0/s1. The molecule has 3 aromatic rings. The first-order valence-corrected chi connectivity index (χ1v) is 9.39. The Morgan fingerprint density at radius 2 is 1.88 bits per heavy atom. The highest BCUT2D eigenvalue weighted by molar-refractivity contribution is 6.30. The Hall–Kier alpha value is -2.10. The molecule has 1 aliphatic rings. The summed E-state index contributed by atoms with van der Waals surface area (Å²) >= 11 is 6.00. The zero-order valence-corrected chi connectivity index (χ0v) is 15.6. The molecule has 0 spiro atoms. The third-order valence-corrected chi connectivity index (χ3v) is 5.41. The van der Waals surface area contributed by atoms with Gasteiger partial charge in [-0.05, 0) is 48.7 Å². The van der Waals surface area contributed by atoms with Crippen LogP contribution in [0.3, 0.4) is 0 Å². The smallest absolute Gasteiger partial charge is 0.141 e. The second kappa shape index (κ2) is 7.26. The molecule has 0 saturated carbocycles. The molecular formula is C22H22ClFN2. The van der Waals surface area contributed by atoms with E-state index in [1.54, 1.807) is 6.07 Å². The largest absolute Gasteiger partial charge is 0.350 e. The van der Waals surface area contributed by atoms with Crippen LogP contribution in [-0.2, 0) is 13.1 Å². The number of rotatable bonds is 3. The van der Waals surface area contributed by atoms with Crippen LogP contribution in [0.15, 0.2) is 60.8 Å². The van der Waals surface area contributed by atoms with Gasteiger partial charge in [0, 0.05) is 31.5 Å². The fraction of sp³-hybridized carbons (Fsp3) is 0.273. The summed E-state index contributed by atoms with van der Waals surface area (Å²) in [5.74, 6) is -0.366. The minimum Gasteiger partial charge on any atom is -0.350 e. The van der Waals surface area contributed by atoms with E-state index in [0.717, 1.165) is 31.6 Å². The molecule has 1 aromatic heterocycles. The van der Waals surface area contributed by atoms with Gasteiger partial charge in [-0.15, -0.1) is 0 Å². The van der Waals surface area contributed by atoms with Crippen molar-refractivity contribution in [3.8, 4) is 0 Å². The van der Waals surface area contributed by atoms with Gasteiger partial charge in [-0.2, -0.15) is 0 Å². The third kappa shape index (κ3) is 3.42. The maximum absolute atomic E-state index is 13.5. The van der Waals surface area contributed by atoms with E-state index in [-0.39, 0.29) is 16.9 Å². The average molecular weight is 369 g/mol. The van der Waals surface area contributed by atoms with Gasteiger partial charge in [-0.1, -0.05) is 47.5 Å². The highest BCUT2D eigenvalue weighted by Gasteiger charge is 2.27. The molecule has 2 nitrogen and oxygen atoms in total. The Morgan fingerprint density at radius 3 is 2.65 bits per heavy atom. The molecule has 4 rings (SSSR count). The first kappa shape index (κ1) is 17.3. The first-order valence-electron chi connectivity index (χ1n) is 9.01. The molecule has 1 atom stereocenters. The molecule has 26 heavy (non-hydrogen) atoms. The van der Waals surface area contributed by atoms with Gasteiger partial charge in [-0.3, -0.25) is 4.90 Å². The monoisotopic (exact) mass is 368 g/mol. The molecule has 0 radical (unpaired) electrons. The topological polar surface area (TPSA) is 8.17 Å². The van der Waals surface area contributed by atoms with Crippen LogP contribution in [0, 0.1) is 12.7 Å². The maximum Gasteiger partial charge on any atom is 0.141 e. The van der Waals surface area contributed by atoms with Crippen molar-refractivity contribution in [2.75, 3.05) is 6.54 Å². The van der Waals surface area contributed by atoms with Crippen LogP contribution < -0.4 is 0 Å². The Balaban J connectivity index is 1.73. The average Bonchev–Trinajstić information content (AvgIpc) is 3.01. The number of halogens is 2. The summed E-state index contributed by atoms with van der Waals surface area (Å²) < 4.78 is 15.9. The lowest BCUT2D eigenvalue weighted by Crippen LogP contribution is -2.29. The molecule has 1 aliphatic heterocycles. The molecular weight excluding hydrogens is 347 g/mol. The van der Waals surface area contributed by atoms with Gasteiger partial charge >= 0.3 is 0 Å². The zero-order chi connectivity index (χ0) is 18.1. The molecule has 2 aromatic carbocycles. The van der Waals surface area contributed by atoms with Crippen molar-refractivity contribution in [3.63, 3.8) is 0 Å². The van der Waals surface area contributed by atoms with E-state index in [4.69, 9.17) is 11.6 Å². The van der Waals surface area contributed by atoms with Gasteiger partial charge in [0.2, 0.25) is 0 Å². The molecule has 2 heterocycles. The summed E-state index contributed by atoms with van der Waals surface area (Å²) in [6, 6.07) is 18.3. The van der Waals surface area contributed by atoms with Crippen LogP contribution in [-0.4, -0.2) is 16.0 Å². The van der Waals surface area contributed by atoms with E-state index < -0.39 is 0 Å². The summed E-state index contributed by atoms with van der Waals surface area (Å²) in [7, 11) is 0. The van der Waals surface area contributed by atoms with Crippen molar-refractivity contribution >= 4 is 11.6 Å². The summed E-state index contributed by atoms with van der Waals surface area (Å²) in [5, 5.41) is 0.188. The molecule has 0 fully saturated rings. The van der Waals surface area contributed by atoms with Crippen LogP contribution in [0.25, 0.3) is 0 Å². The van der Waals surface area contributed by atoms with Crippen LogP contribution >= 0.6 is 11.6 Å². The Morgan fingerprint density at radius 1 is 1.08 bits per heavy atom. The molecule has 0 amide bonds. The highest BCUT2D eigenvalue weighted by atomic mass is 35.5. The summed E-state index contributed by atoms with van der Waals surface area (Å²) in [6.45, 7) is 4.85. The fourth-order valence-corrected chi connectivity index (χ4v) is 4.02. The predicted octanol–water partition coefficient (Wildman–Crippen LogP) is 5.58. The lowest BCUT2D eigenvalue weighted by Gasteiger charge is -2.31. The number of hydrogen-bond donors (Lipinski definition) is 0. The quantitative estimate of drug-likeness (QED) is 0.585. The van der Waals surface area contributed by atoms with Crippen LogP contribution in [0.5, 0.6) is 0 Å². The van der Waals surface area contributed by atoms with Gasteiger partial charge in [0.05, 0.1) is 11.1 Å². The number of aryl methyl sites for hydroxylation is 2. The maximum atomic E-state index is 13.5. The first-order chi connectivity index (χ1) is 12.6. The Labute approximate surface area is 158 Å². The van der Waals surface area contributed by atoms with Gasteiger partial charge < -0.3 is 4.57 Å². The molecule has 4 heteroatoms. The number of nitrogens with zero attached hydrogens (tertiary/aromatic N) is 2. The van der Waals surface area contributed by atoms with E-state index in [9.17, 15) is 4.39 Å². The van der Waals surface area contributed by atoms with E-state index in [1.807, 2.05) is 6.07 Å². The van der Waals surface area contributed by atoms with Crippen molar-refractivity contribution < 1.29 is 4.39 Å². The SMILES string of the molecule is Cc1ccc([C@H]2c3cccn3CCCN2Cc2ccc(F)c(Cl)c2)cc1. The molecule has 0 aliphatic carbocycles. The molecule has 0 N–H and O–H groups in total. The Bertz CT molecular complexity index is 901. The van der Waals surface area contributed by atoms with E-state index in [1.165, 1.54) is 22.9 Å². The third-order valence-electron chi connectivity index (χ3n) is 5.12. The van der Waals surface area contributed by atoms with E-state index in [0.29, 0.717) is 0 Å². The second-order valence-electron chi connectivity index (χ2n) is 7.01. The summed E-state index contributed by atoms with van der Waals surface area (Å²) in [5.41, 5.74) is 4.88.